The molecule has 1 amide bonds. The molecule has 12 heteroatoms. The summed E-state index contributed by atoms with van der Waals surface area (Å²) >= 11 is 7.09. The highest BCUT2D eigenvalue weighted by Gasteiger charge is 2.43. The van der Waals surface area contributed by atoms with Crippen molar-refractivity contribution in [1.82, 2.24) is 34.9 Å². The van der Waals surface area contributed by atoms with E-state index in [-0.39, 0.29) is 18.0 Å². The molecule has 3 heterocycles. The van der Waals surface area contributed by atoms with Gasteiger partial charge in [-0.1, -0.05) is 157 Å². The molecule has 1 aromatic heterocycles. The number of piperidine rings is 1. The van der Waals surface area contributed by atoms with Crippen LogP contribution in [0.15, 0.2) is 163 Å². The Kier molecular flexibility index (Phi) is 14.5. The molecule has 0 N–H and O–H groups in total. The van der Waals surface area contributed by atoms with Gasteiger partial charge in [0.2, 0.25) is 11.7 Å². The monoisotopic (exact) mass is 944 g/mol. The Hall–Kier alpha value is -7.57. The predicted molar refractivity (Wildman–Crippen MR) is 276 cm³/mol. The number of carbonyl (C=O) groups excluding carboxylic acids is 1. The number of tetrazole rings is 1. The first kappa shape index (κ1) is 47.5. The van der Waals surface area contributed by atoms with Crippen LogP contribution < -0.4 is 4.90 Å². The van der Waals surface area contributed by atoms with E-state index in [1.54, 1.807) is 4.80 Å². The van der Waals surface area contributed by atoms with Crippen LogP contribution in [-0.2, 0) is 23.4 Å². The second-order valence-corrected chi connectivity index (χ2v) is 18.9. The molecule has 7 aromatic rings. The second kappa shape index (κ2) is 21.4. The van der Waals surface area contributed by atoms with Crippen molar-refractivity contribution in [2.45, 2.75) is 71.1 Å². The van der Waals surface area contributed by atoms with E-state index < -0.39 is 11.6 Å². The molecule has 0 spiro atoms. The van der Waals surface area contributed by atoms with E-state index in [0.29, 0.717) is 42.8 Å². The van der Waals surface area contributed by atoms with Gasteiger partial charge in [0.25, 0.3) is 0 Å². The lowest BCUT2D eigenvalue weighted by atomic mass is 9.77. The summed E-state index contributed by atoms with van der Waals surface area (Å²) in [6, 6.07) is 52.6. The average molecular weight is 946 g/mol. The summed E-state index contributed by atoms with van der Waals surface area (Å²) in [4.78, 5) is 28.9. The van der Waals surface area contributed by atoms with Gasteiger partial charge in [-0.3, -0.25) is 9.69 Å². The zero-order valence-corrected chi connectivity index (χ0v) is 40.8. The molecular weight excluding hydrogens is 888 g/mol. The number of anilines is 1. The van der Waals surface area contributed by atoms with Gasteiger partial charge in [-0.15, -0.1) is 15.0 Å². The van der Waals surface area contributed by atoms with Crippen LogP contribution in [0.5, 0.6) is 0 Å². The summed E-state index contributed by atoms with van der Waals surface area (Å²) in [6.45, 7) is 19.2. The number of nitriles is 1. The maximum atomic E-state index is 15.1. The van der Waals surface area contributed by atoms with Gasteiger partial charge in [0.15, 0.2) is 5.54 Å². The molecule has 6 aromatic carbocycles. The van der Waals surface area contributed by atoms with Gasteiger partial charge in [-0.25, -0.2) is 10.1 Å². The van der Waals surface area contributed by atoms with Gasteiger partial charge >= 0.3 is 5.70 Å². The summed E-state index contributed by atoms with van der Waals surface area (Å²) in [5, 5.41) is 25.4. The zero-order valence-electron chi connectivity index (χ0n) is 40.0. The fraction of sp³-hybridized carbons (Fsp3) is 0.276. The number of aryl methyl sites for hydroxylation is 2. The lowest BCUT2D eigenvalue weighted by Gasteiger charge is -2.34. The Labute approximate surface area is 416 Å². The van der Waals surface area contributed by atoms with Gasteiger partial charge in [-0.2, -0.15) is 0 Å². The van der Waals surface area contributed by atoms with E-state index in [1.807, 2.05) is 107 Å². The lowest BCUT2D eigenvalue weighted by Crippen LogP contribution is -2.40. The van der Waals surface area contributed by atoms with E-state index in [0.717, 1.165) is 75.4 Å². The van der Waals surface area contributed by atoms with Crippen molar-refractivity contribution < 1.29 is 4.79 Å². The topological polar surface area (TPSA) is 102 Å². The third-order valence-corrected chi connectivity index (χ3v) is 13.9. The maximum absolute atomic E-state index is 15.1. The van der Waals surface area contributed by atoms with Crippen LogP contribution >= 0.6 is 11.6 Å². The van der Waals surface area contributed by atoms with Crippen molar-refractivity contribution in [3.63, 3.8) is 0 Å². The van der Waals surface area contributed by atoms with Crippen LogP contribution in [0.1, 0.15) is 83.2 Å². The largest absolute Gasteiger partial charge is 0.364 e. The average Bonchev–Trinajstić information content (AvgIpc) is 4.04. The normalized spacial score (nSPS) is 15.3. The maximum Gasteiger partial charge on any atom is 0.300 e. The van der Waals surface area contributed by atoms with Crippen LogP contribution in [-0.4, -0.2) is 73.5 Å². The number of allylic oxidation sites excluding steroid dienone is 1. The van der Waals surface area contributed by atoms with E-state index >= 15 is 4.79 Å². The molecule has 2 aliphatic heterocycles. The van der Waals surface area contributed by atoms with Crippen molar-refractivity contribution in [3.05, 3.63) is 224 Å². The van der Waals surface area contributed by atoms with Crippen molar-refractivity contribution in [2.75, 3.05) is 37.6 Å². The van der Waals surface area contributed by atoms with Crippen molar-refractivity contribution in [1.29, 1.82) is 5.26 Å². The van der Waals surface area contributed by atoms with Crippen LogP contribution in [0.25, 0.3) is 16.2 Å². The van der Waals surface area contributed by atoms with Gasteiger partial charge in [-0.05, 0) is 104 Å². The zero-order chi connectivity index (χ0) is 48.6. The molecular formula is C58H57ClN10O. The van der Waals surface area contributed by atoms with Crippen LogP contribution in [0.2, 0.25) is 5.02 Å². The molecule has 11 nitrogen and oxygen atoms in total. The first-order chi connectivity index (χ1) is 34.2. The number of amides is 1. The highest BCUT2D eigenvalue weighted by atomic mass is 35.5. The van der Waals surface area contributed by atoms with Gasteiger partial charge < -0.3 is 14.7 Å². The number of rotatable bonds is 15. The van der Waals surface area contributed by atoms with Gasteiger partial charge in [0.05, 0.1) is 18.7 Å². The minimum atomic E-state index is -1.07. The molecule has 0 aliphatic carbocycles. The van der Waals surface area contributed by atoms with Crippen molar-refractivity contribution >= 4 is 23.2 Å². The number of aromatic nitrogens is 4. The third kappa shape index (κ3) is 9.95. The fourth-order valence-corrected chi connectivity index (χ4v) is 10.7. The smallest absolute Gasteiger partial charge is 0.300 e. The Balaban J connectivity index is 1.05. The molecule has 0 bridgehead atoms. The Morgan fingerprint density at radius 2 is 1.44 bits per heavy atom. The van der Waals surface area contributed by atoms with Crippen LogP contribution in [0, 0.1) is 31.8 Å². The predicted octanol–water partition coefficient (Wildman–Crippen LogP) is 11.4. The van der Waals surface area contributed by atoms with Gasteiger partial charge in [0.1, 0.15) is 5.82 Å². The van der Waals surface area contributed by atoms with Crippen molar-refractivity contribution in [2.24, 2.45) is 0 Å². The molecule has 9 rings (SSSR count). The number of carbonyl (C=O) groups is 1. The number of halogens is 1. The summed E-state index contributed by atoms with van der Waals surface area (Å²) in [7, 11) is 0. The number of benzene rings is 6. The van der Waals surface area contributed by atoms with E-state index in [1.165, 1.54) is 19.3 Å². The molecule has 2 fully saturated rings. The highest BCUT2D eigenvalue weighted by Crippen LogP contribution is 2.43. The third-order valence-electron chi connectivity index (χ3n) is 13.6. The Bertz CT molecular complexity index is 3000. The fourth-order valence-electron chi connectivity index (χ4n) is 10.4. The summed E-state index contributed by atoms with van der Waals surface area (Å²) in [6.07, 6.45) is 3.80. The first-order valence-corrected chi connectivity index (χ1v) is 24.5. The summed E-state index contributed by atoms with van der Waals surface area (Å²) in [5.41, 5.74) is 8.66. The SMILES string of the molecule is [C-]#[N+]C(C#N)=C1N(CCC(=O)N(c2cccc(CN3CCCCC3)c2)C(C)c2cccc(-c3nnn(C(c4ccccc4)(c4ccccc4)c4ccccc4Cl)n3)c2)CCN1Cc1cc(C)cc(C)c1. The van der Waals surface area contributed by atoms with E-state index in [2.05, 4.69) is 96.1 Å². The Morgan fingerprint density at radius 1 is 0.771 bits per heavy atom. The van der Waals surface area contributed by atoms with Crippen molar-refractivity contribution in [3.8, 4) is 17.5 Å². The second-order valence-electron chi connectivity index (χ2n) is 18.4. The van der Waals surface area contributed by atoms with Crippen LogP contribution in [0.4, 0.5) is 5.69 Å². The molecule has 2 aliphatic rings. The minimum absolute atomic E-state index is 0.0314. The number of hydrogen-bond donors (Lipinski definition) is 0. The molecule has 352 valence electrons. The van der Waals surface area contributed by atoms with E-state index in [4.69, 9.17) is 33.6 Å². The lowest BCUT2D eigenvalue weighted by molar-refractivity contribution is -0.119. The number of hydrogen-bond acceptors (Lipinski definition) is 8. The minimum Gasteiger partial charge on any atom is -0.364 e. The standard InChI is InChI=1S/C58H57ClN10O/c1-42-34-43(2)36-46(35-42)41-67-33-32-66(57(67)54(39-60)61-4)31-28-55(70)68(51-25-16-18-45(37-51)40-65-29-14-7-15-30-65)44(3)47-19-17-20-48(38-47)56-62-64-69(63-56)58(49-21-8-5-9-22-49,50-23-10-6-11-24-50)52-26-12-13-27-53(52)59/h5-6,8-13,16-27,34-38,44H,7,14-15,28-33,40-41H2,1-3H3. The van der Waals surface area contributed by atoms with E-state index in [9.17, 15) is 5.26 Å². The Morgan fingerprint density at radius 3 is 2.13 bits per heavy atom. The molecule has 0 radical (unpaired) electrons. The molecule has 0 saturated carbocycles. The summed E-state index contributed by atoms with van der Waals surface area (Å²) in [5.74, 6) is 0.935. The molecule has 1 atom stereocenters. The number of likely N-dealkylation sites (tertiary alicyclic amines) is 1. The van der Waals surface area contributed by atoms with Crippen LogP contribution in [0.3, 0.4) is 0 Å². The quantitative estimate of drug-likeness (QED) is 0.0569. The molecule has 70 heavy (non-hydrogen) atoms. The molecule has 1 unspecified atom stereocenters. The first-order valence-electron chi connectivity index (χ1n) is 24.2. The number of nitrogens with zero attached hydrogens (tertiary/aromatic N) is 10. The highest BCUT2D eigenvalue weighted by molar-refractivity contribution is 6.31. The van der Waals surface area contributed by atoms with Gasteiger partial charge in [0, 0.05) is 61.0 Å². The summed E-state index contributed by atoms with van der Waals surface area (Å²) < 4.78 is 0. The molecule has 2 saturated heterocycles.